The van der Waals surface area contributed by atoms with Crippen molar-refractivity contribution in [3.05, 3.63) is 34.9 Å². The predicted molar refractivity (Wildman–Crippen MR) is 79.7 cm³/mol. The molecule has 1 aliphatic carbocycles. The number of hydrogen-bond acceptors (Lipinski definition) is 3. The molecule has 1 saturated heterocycles. The van der Waals surface area contributed by atoms with Gasteiger partial charge >= 0.3 is 0 Å². The Labute approximate surface area is 122 Å². The molecule has 3 atom stereocenters. The van der Waals surface area contributed by atoms with Crippen LogP contribution in [0.2, 0.25) is 0 Å². The molecule has 2 amide bonds. The van der Waals surface area contributed by atoms with Gasteiger partial charge in [-0.05, 0) is 30.4 Å². The van der Waals surface area contributed by atoms with Crippen molar-refractivity contribution in [3.8, 4) is 0 Å². The zero-order chi connectivity index (χ0) is 14.3. The minimum absolute atomic E-state index is 0.0555. The molecule has 0 saturated carbocycles. The lowest BCUT2D eigenvalue weighted by molar-refractivity contribution is -0.123. The Bertz CT molecular complexity index is 573. The second-order valence-electron chi connectivity index (χ2n) is 5.67. The second kappa shape index (κ2) is 5.13. The van der Waals surface area contributed by atoms with Gasteiger partial charge < -0.3 is 10.6 Å². The molecule has 0 bridgehead atoms. The maximum Gasteiger partial charge on any atom is 0.279 e. The Morgan fingerprint density at radius 1 is 1.45 bits per heavy atom. The van der Waals surface area contributed by atoms with Crippen LogP contribution < -0.4 is 10.6 Å². The molecule has 0 spiro atoms. The van der Waals surface area contributed by atoms with E-state index in [1.165, 1.54) is 28.5 Å². The van der Waals surface area contributed by atoms with Gasteiger partial charge in [-0.25, -0.2) is 0 Å². The van der Waals surface area contributed by atoms with Crippen LogP contribution in [0.15, 0.2) is 18.2 Å². The van der Waals surface area contributed by atoms with Gasteiger partial charge in [-0.15, -0.1) is 0 Å². The normalized spacial score (nSPS) is 28.1. The molecule has 0 unspecified atom stereocenters. The summed E-state index contributed by atoms with van der Waals surface area (Å²) in [6.07, 6.45) is 0.992. The Hall–Kier alpha value is -1.49. The Kier molecular flexibility index (Phi) is 3.46. The fourth-order valence-electron chi connectivity index (χ4n) is 2.96. The number of nitrogens with one attached hydrogen (secondary N) is 2. The van der Waals surface area contributed by atoms with E-state index < -0.39 is 6.04 Å². The van der Waals surface area contributed by atoms with Gasteiger partial charge in [0.1, 0.15) is 6.04 Å². The average Bonchev–Trinajstić information content (AvgIpc) is 2.95. The van der Waals surface area contributed by atoms with Crippen LogP contribution in [0.3, 0.4) is 0 Å². The van der Waals surface area contributed by atoms with Crippen molar-refractivity contribution in [2.45, 2.75) is 32.4 Å². The first-order chi connectivity index (χ1) is 9.54. The highest BCUT2D eigenvalue weighted by molar-refractivity contribution is 8.14. The Balaban J connectivity index is 1.76. The molecule has 1 aromatic carbocycles. The van der Waals surface area contributed by atoms with Crippen LogP contribution in [0.5, 0.6) is 0 Å². The van der Waals surface area contributed by atoms with E-state index in [1.807, 2.05) is 0 Å². The topological polar surface area (TPSA) is 58.2 Å². The lowest BCUT2D eigenvalue weighted by Gasteiger charge is -2.21. The van der Waals surface area contributed by atoms with Gasteiger partial charge in [0.05, 0.1) is 6.04 Å². The van der Waals surface area contributed by atoms with Gasteiger partial charge in [0.15, 0.2) is 0 Å². The van der Waals surface area contributed by atoms with Crippen LogP contribution >= 0.6 is 11.8 Å². The monoisotopic (exact) mass is 290 g/mol. The molecule has 20 heavy (non-hydrogen) atoms. The van der Waals surface area contributed by atoms with Crippen LogP contribution in [0.4, 0.5) is 4.79 Å². The van der Waals surface area contributed by atoms with Crippen LogP contribution in [-0.4, -0.2) is 22.9 Å². The largest absolute Gasteiger partial charge is 0.347 e. The fraction of sp³-hybridized carbons (Fsp3) is 0.467. The summed E-state index contributed by atoms with van der Waals surface area (Å²) in [5.41, 5.74) is 3.75. The third-order valence-electron chi connectivity index (χ3n) is 4.03. The third-order valence-corrected chi connectivity index (χ3v) is 4.91. The Morgan fingerprint density at radius 3 is 2.95 bits per heavy atom. The number of benzene rings is 1. The van der Waals surface area contributed by atoms with Gasteiger partial charge in [-0.1, -0.05) is 42.4 Å². The van der Waals surface area contributed by atoms with Gasteiger partial charge in [0.2, 0.25) is 5.91 Å². The van der Waals surface area contributed by atoms with Crippen LogP contribution in [0.1, 0.15) is 29.7 Å². The number of carbonyl (C=O) groups excluding carboxylic acids is 2. The van der Waals surface area contributed by atoms with Crippen LogP contribution in [0.25, 0.3) is 0 Å². The molecule has 0 aromatic heterocycles. The summed E-state index contributed by atoms with van der Waals surface area (Å²) in [5, 5.41) is 5.69. The molecule has 1 aromatic rings. The summed E-state index contributed by atoms with van der Waals surface area (Å²) in [6, 6.07) is 6.09. The molecule has 5 heteroatoms. The van der Waals surface area contributed by atoms with Crippen molar-refractivity contribution in [1.29, 1.82) is 0 Å². The summed E-state index contributed by atoms with van der Waals surface area (Å²) in [4.78, 5) is 23.4. The van der Waals surface area contributed by atoms with Crippen molar-refractivity contribution in [1.82, 2.24) is 10.6 Å². The summed E-state index contributed by atoms with van der Waals surface area (Å²) in [5.74, 6) is 0.835. The minimum Gasteiger partial charge on any atom is -0.347 e. The van der Waals surface area contributed by atoms with E-state index in [2.05, 4.69) is 42.7 Å². The highest BCUT2D eigenvalue weighted by Gasteiger charge is 2.34. The van der Waals surface area contributed by atoms with Gasteiger partial charge in [-0.2, -0.15) is 0 Å². The highest BCUT2D eigenvalue weighted by atomic mass is 32.2. The molecule has 2 aliphatic rings. The van der Waals surface area contributed by atoms with Crippen LogP contribution in [-0.2, 0) is 11.2 Å². The number of amides is 2. The number of carbonyl (C=O) groups is 2. The molecule has 106 valence electrons. The maximum absolute atomic E-state index is 12.2. The standard InChI is InChI=1S/C15H18N2O2S/c1-8-3-4-10-6-9(2)13(11(10)5-8)17-14(18)12-7-20-15(19)16-12/h3-5,9,12-13H,6-7H2,1-2H3,(H,16,19)(H,17,18)/t9-,12+,13-/m1/s1. The van der Waals surface area contributed by atoms with E-state index in [0.717, 1.165) is 6.42 Å². The molecule has 0 radical (unpaired) electrons. The van der Waals surface area contributed by atoms with E-state index in [0.29, 0.717) is 11.7 Å². The first-order valence-corrected chi connectivity index (χ1v) is 7.86. The van der Waals surface area contributed by atoms with Crippen molar-refractivity contribution in [2.24, 2.45) is 5.92 Å². The van der Waals surface area contributed by atoms with Gasteiger partial charge in [-0.3, -0.25) is 9.59 Å². The molecular weight excluding hydrogens is 272 g/mol. The third kappa shape index (κ3) is 2.42. The molecular formula is C15H18N2O2S. The van der Waals surface area contributed by atoms with Gasteiger partial charge in [0, 0.05) is 5.75 Å². The van der Waals surface area contributed by atoms with Crippen LogP contribution in [0, 0.1) is 12.8 Å². The summed E-state index contributed by atoms with van der Waals surface area (Å²) in [6.45, 7) is 4.22. The zero-order valence-corrected chi connectivity index (χ0v) is 12.4. The molecule has 3 rings (SSSR count). The smallest absolute Gasteiger partial charge is 0.279 e. The maximum atomic E-state index is 12.2. The number of rotatable bonds is 2. The first-order valence-electron chi connectivity index (χ1n) is 6.87. The first kappa shape index (κ1) is 13.5. The van der Waals surface area contributed by atoms with Crippen molar-refractivity contribution in [3.63, 3.8) is 0 Å². The van der Waals surface area contributed by atoms with Crippen molar-refractivity contribution >= 4 is 22.9 Å². The molecule has 1 fully saturated rings. The quantitative estimate of drug-likeness (QED) is 0.877. The average molecular weight is 290 g/mol. The van der Waals surface area contributed by atoms with Crippen molar-refractivity contribution < 1.29 is 9.59 Å². The van der Waals surface area contributed by atoms with E-state index in [-0.39, 0.29) is 17.2 Å². The number of thioether (sulfide) groups is 1. The Morgan fingerprint density at radius 2 is 2.25 bits per heavy atom. The number of hydrogen-bond donors (Lipinski definition) is 2. The molecule has 4 nitrogen and oxygen atoms in total. The zero-order valence-electron chi connectivity index (χ0n) is 11.6. The van der Waals surface area contributed by atoms with Crippen molar-refractivity contribution in [2.75, 3.05) is 5.75 Å². The highest BCUT2D eigenvalue weighted by Crippen LogP contribution is 2.36. The van der Waals surface area contributed by atoms with E-state index in [1.54, 1.807) is 0 Å². The molecule has 2 N–H and O–H groups in total. The van der Waals surface area contributed by atoms with E-state index >= 15 is 0 Å². The number of aryl methyl sites for hydroxylation is 1. The summed E-state index contributed by atoms with van der Waals surface area (Å²) >= 11 is 1.17. The van der Waals surface area contributed by atoms with E-state index in [4.69, 9.17) is 0 Å². The van der Waals surface area contributed by atoms with Gasteiger partial charge in [0.25, 0.3) is 5.24 Å². The minimum atomic E-state index is -0.395. The predicted octanol–water partition coefficient (Wildman–Crippen LogP) is 2.17. The number of fused-ring (bicyclic) bond motifs is 1. The second-order valence-corrected chi connectivity index (χ2v) is 6.66. The lowest BCUT2D eigenvalue weighted by atomic mass is 10.0. The SMILES string of the molecule is Cc1ccc2c(c1)[C@H](NC(=O)[C@@H]1CSC(=O)N1)[C@H](C)C2. The summed E-state index contributed by atoms with van der Waals surface area (Å²) in [7, 11) is 0. The molecule has 1 heterocycles. The van der Waals surface area contributed by atoms with E-state index in [9.17, 15) is 9.59 Å². The molecule has 1 aliphatic heterocycles. The fourth-order valence-corrected chi connectivity index (χ4v) is 3.74. The summed E-state index contributed by atoms with van der Waals surface area (Å²) < 4.78 is 0. The lowest BCUT2D eigenvalue weighted by Crippen LogP contribution is -2.44.